The molecule has 0 radical (unpaired) electrons. The molecule has 0 saturated heterocycles. The molecule has 1 rings (SSSR count). The normalized spacial score (nSPS) is 23.5. The number of primary amides is 1. The number of hydrogen-bond acceptors (Lipinski definition) is 10. The van der Waals surface area contributed by atoms with E-state index in [-0.39, 0.29) is 17.9 Å². The Morgan fingerprint density at radius 3 is 2.28 bits per heavy atom. The monoisotopic (exact) mass is 701 g/mol. The summed E-state index contributed by atoms with van der Waals surface area (Å²) in [5.74, 6) is -4.10. The zero-order valence-corrected chi connectivity index (χ0v) is 28.0. The van der Waals surface area contributed by atoms with Gasteiger partial charge < -0.3 is 40.7 Å². The summed E-state index contributed by atoms with van der Waals surface area (Å²) in [5, 5.41) is 49.4. The quantitative estimate of drug-likeness (QED) is 0.0399. The van der Waals surface area contributed by atoms with E-state index in [9.17, 15) is 39.6 Å². The number of carboxylic acids is 1. The van der Waals surface area contributed by atoms with Crippen LogP contribution in [0.1, 0.15) is 52.9 Å². The minimum atomic E-state index is -1.89. The third kappa shape index (κ3) is 15.5. The number of alkyl halides is 1. The van der Waals surface area contributed by atoms with Crippen molar-refractivity contribution in [1.82, 2.24) is 0 Å². The van der Waals surface area contributed by atoms with E-state index in [1.807, 2.05) is 6.92 Å². The summed E-state index contributed by atoms with van der Waals surface area (Å²) in [5.41, 5.74) is 5.83. The number of carbonyl (C=O) groups excluding carboxylic acids is 3. The van der Waals surface area contributed by atoms with Crippen LogP contribution in [0.25, 0.3) is 0 Å². The predicted octanol–water partition coefficient (Wildman–Crippen LogP) is 3.60. The van der Waals surface area contributed by atoms with Crippen LogP contribution in [0.3, 0.4) is 0 Å². The summed E-state index contributed by atoms with van der Waals surface area (Å²) in [7, 11) is 0. The van der Waals surface area contributed by atoms with Gasteiger partial charge in [-0.25, -0.2) is 9.59 Å². The Balaban J connectivity index is 2.66. The molecule has 262 valence electrons. The Morgan fingerprint density at radius 2 is 1.66 bits per heavy atom. The maximum absolute atomic E-state index is 12.6. The van der Waals surface area contributed by atoms with Crippen LogP contribution in [0.5, 0.6) is 0 Å². The first-order chi connectivity index (χ1) is 22.1. The van der Waals surface area contributed by atoms with Crippen LogP contribution < -0.4 is 5.73 Å². The molecule has 0 unspecified atom stereocenters. The van der Waals surface area contributed by atoms with Gasteiger partial charge in [0.2, 0.25) is 0 Å². The Hall–Kier alpha value is -3.26. The molecule has 0 aliphatic heterocycles. The van der Waals surface area contributed by atoms with Gasteiger partial charge in [0.25, 0.3) is 0 Å². The minimum Gasteiger partial charge on any atom is -0.481 e. The number of aliphatic hydroxyl groups excluding tert-OH is 4. The van der Waals surface area contributed by atoms with Crippen LogP contribution >= 0.6 is 23.2 Å². The molecule has 0 aromatic heterocycles. The number of ether oxygens (including phenoxy) is 2. The number of nitrogens with two attached hydrogens (primary N) is 1. The fourth-order valence-corrected chi connectivity index (χ4v) is 4.88. The van der Waals surface area contributed by atoms with Gasteiger partial charge in [0.1, 0.15) is 23.7 Å². The van der Waals surface area contributed by atoms with Crippen LogP contribution in [-0.4, -0.2) is 91.3 Å². The van der Waals surface area contributed by atoms with E-state index >= 15 is 0 Å². The highest BCUT2D eigenvalue weighted by Crippen LogP contribution is 2.27. The first kappa shape index (κ1) is 41.8. The van der Waals surface area contributed by atoms with Gasteiger partial charge >= 0.3 is 18.0 Å². The average Bonchev–Trinajstić information content (AvgIpc) is 3.02. The average molecular weight is 703 g/mol. The van der Waals surface area contributed by atoms with Crippen LogP contribution in [0.4, 0.5) is 4.79 Å². The lowest BCUT2D eigenvalue weighted by Crippen LogP contribution is -2.43. The topological polar surface area (TPSA) is 214 Å². The van der Waals surface area contributed by atoms with E-state index in [2.05, 4.69) is 0 Å². The number of rotatable bonds is 18. The maximum atomic E-state index is 12.6. The lowest BCUT2D eigenvalue weighted by Gasteiger charge is -2.30. The molecule has 0 aromatic carbocycles. The zero-order chi connectivity index (χ0) is 35.7. The van der Waals surface area contributed by atoms with Gasteiger partial charge in [0, 0.05) is 29.9 Å². The number of amides is 1. The highest BCUT2D eigenvalue weighted by Gasteiger charge is 2.36. The Bertz CT molecular complexity index is 1240. The van der Waals surface area contributed by atoms with Gasteiger partial charge in [-0.05, 0) is 38.3 Å². The van der Waals surface area contributed by atoms with Crippen molar-refractivity contribution < 1.29 is 54.2 Å². The number of carbonyl (C=O) groups is 4. The molecule has 0 bridgehead atoms. The first-order valence-corrected chi connectivity index (χ1v) is 15.9. The summed E-state index contributed by atoms with van der Waals surface area (Å²) in [4.78, 5) is 47.0. The number of esters is 1. The molecule has 47 heavy (non-hydrogen) atoms. The largest absolute Gasteiger partial charge is 0.481 e. The van der Waals surface area contributed by atoms with E-state index in [0.717, 1.165) is 5.57 Å². The molecule has 9 atom stereocenters. The number of ketones is 1. The standard InChI is InChI=1S/C33H45Cl2NO11/c1-4-5-13-26(47-33(36)45)29(35)24(38)18-25(39)31(42)30(41)20(3)22(34)12-8-6-10-19(2)11-7-9-14-28(40)46-27-17-21(32(43)44)15-16-23(27)37/h5-14,20-21,23-24,26-27,29-31,37-38,41-42H,4,15-18H2,1-3H3,(H2,36,45)(H,43,44)/b8-6+,11-7-,13-5+,14-9+,19-10+,22-12-/t20-,21+,23+,24-,26-,27-,29+,30-,31-/m1/s1. The van der Waals surface area contributed by atoms with Crippen molar-refractivity contribution in [3.63, 3.8) is 0 Å². The molecule has 1 aliphatic rings. The number of Topliss-reactive ketones (excluding diaryl/α,β-unsaturated/α-hetero) is 1. The molecule has 0 aromatic rings. The van der Waals surface area contributed by atoms with Crippen molar-refractivity contribution in [2.24, 2.45) is 17.6 Å². The summed E-state index contributed by atoms with van der Waals surface area (Å²) in [6.45, 7) is 5.12. The number of hydrogen-bond donors (Lipinski definition) is 6. The fraction of sp³-hybridized carbons (Fsp3) is 0.515. The maximum Gasteiger partial charge on any atom is 0.405 e. The van der Waals surface area contributed by atoms with Gasteiger partial charge in [0.15, 0.2) is 5.78 Å². The molecular weight excluding hydrogens is 657 g/mol. The zero-order valence-electron chi connectivity index (χ0n) is 26.5. The second kappa shape index (κ2) is 21.6. The molecule has 1 fully saturated rings. The van der Waals surface area contributed by atoms with Gasteiger partial charge in [-0.3, -0.25) is 9.59 Å². The van der Waals surface area contributed by atoms with Crippen LogP contribution in [-0.2, 0) is 23.9 Å². The molecule has 7 N–H and O–H groups in total. The molecular formula is C33H45Cl2NO11. The molecule has 0 spiro atoms. The smallest absolute Gasteiger partial charge is 0.405 e. The lowest BCUT2D eigenvalue weighted by atomic mass is 9.85. The van der Waals surface area contributed by atoms with Crippen molar-refractivity contribution in [1.29, 1.82) is 0 Å². The van der Waals surface area contributed by atoms with Gasteiger partial charge in [-0.2, -0.15) is 0 Å². The summed E-state index contributed by atoms with van der Waals surface area (Å²) >= 11 is 12.5. The number of aliphatic hydroxyl groups is 4. The number of allylic oxidation sites excluding steroid dienone is 9. The van der Waals surface area contributed by atoms with Crippen molar-refractivity contribution in [2.45, 2.75) is 94.9 Å². The third-order valence-electron chi connectivity index (χ3n) is 7.31. The van der Waals surface area contributed by atoms with Gasteiger partial charge in [-0.1, -0.05) is 73.6 Å². The molecule has 0 heterocycles. The Kier molecular flexibility index (Phi) is 19.2. The molecule has 1 saturated carbocycles. The van der Waals surface area contributed by atoms with Crippen molar-refractivity contribution in [3.8, 4) is 0 Å². The third-order valence-corrected chi connectivity index (χ3v) is 8.32. The molecule has 1 aliphatic carbocycles. The highest BCUT2D eigenvalue weighted by atomic mass is 35.5. The van der Waals surface area contributed by atoms with E-state index in [1.54, 1.807) is 43.4 Å². The van der Waals surface area contributed by atoms with Crippen molar-refractivity contribution in [3.05, 3.63) is 71.4 Å². The van der Waals surface area contributed by atoms with E-state index in [1.165, 1.54) is 31.2 Å². The second-order valence-electron chi connectivity index (χ2n) is 11.1. The molecule has 12 nitrogen and oxygen atoms in total. The second-order valence-corrected chi connectivity index (χ2v) is 12.0. The highest BCUT2D eigenvalue weighted by molar-refractivity contribution is 6.30. The molecule has 1 amide bonds. The predicted molar refractivity (Wildman–Crippen MR) is 176 cm³/mol. The Labute approximate surface area is 284 Å². The van der Waals surface area contributed by atoms with Crippen molar-refractivity contribution >= 4 is 47.0 Å². The SMILES string of the molecule is CC/C=C/[C@@H](OC(N)=O)[C@@H](Cl)[C@H](O)CC(=O)[C@@H](O)[C@H](O)[C@H](C)/C(Cl)=C/C=C/C=C(C)/C=C\C=C\C(=O)O[C@@H]1C[C@@H](C(=O)O)CC[C@@H]1O. The summed E-state index contributed by atoms with van der Waals surface area (Å²) in [6.07, 6.45) is 6.95. The van der Waals surface area contributed by atoms with Crippen LogP contribution in [0.2, 0.25) is 0 Å². The van der Waals surface area contributed by atoms with E-state index in [4.69, 9.17) is 43.5 Å². The minimum absolute atomic E-state index is 0.0584. The van der Waals surface area contributed by atoms with E-state index in [0.29, 0.717) is 12.8 Å². The van der Waals surface area contributed by atoms with Crippen LogP contribution in [0.15, 0.2) is 71.4 Å². The van der Waals surface area contributed by atoms with Crippen molar-refractivity contribution in [2.75, 3.05) is 0 Å². The van der Waals surface area contributed by atoms with Gasteiger partial charge in [-0.15, -0.1) is 11.6 Å². The number of carboxylic acid groups (broad SMARTS) is 1. The van der Waals surface area contributed by atoms with Crippen LogP contribution in [0, 0.1) is 11.8 Å². The number of halogens is 2. The first-order valence-electron chi connectivity index (χ1n) is 15.1. The lowest BCUT2D eigenvalue weighted by molar-refractivity contribution is -0.159. The fourth-order valence-electron chi connectivity index (χ4n) is 4.46. The van der Waals surface area contributed by atoms with Gasteiger partial charge in [0.05, 0.1) is 24.2 Å². The van der Waals surface area contributed by atoms with E-state index < -0.39 is 84.1 Å². The number of aliphatic carboxylic acids is 1. The molecule has 14 heteroatoms. The summed E-state index contributed by atoms with van der Waals surface area (Å²) in [6, 6.07) is 0. The Morgan fingerprint density at radius 1 is 1.02 bits per heavy atom. The summed E-state index contributed by atoms with van der Waals surface area (Å²) < 4.78 is 10.1.